The molecular formula is C19H22N4O4S. The molecule has 9 heteroatoms. The van der Waals surface area contributed by atoms with E-state index in [2.05, 4.69) is 15.6 Å². The van der Waals surface area contributed by atoms with Gasteiger partial charge in [-0.3, -0.25) is 14.6 Å². The third-order valence-electron chi connectivity index (χ3n) is 4.50. The number of hydrogen-bond donors (Lipinski definition) is 2. The van der Waals surface area contributed by atoms with Crippen LogP contribution in [0.4, 0.5) is 0 Å². The van der Waals surface area contributed by atoms with Crippen molar-refractivity contribution in [3.8, 4) is 0 Å². The molecule has 0 bridgehead atoms. The Morgan fingerprint density at radius 1 is 1.39 bits per heavy atom. The molecule has 2 N–H and O–H groups in total. The van der Waals surface area contributed by atoms with E-state index in [0.717, 1.165) is 5.56 Å². The maximum atomic E-state index is 12.9. The molecule has 1 fully saturated rings. The van der Waals surface area contributed by atoms with Crippen LogP contribution in [0.3, 0.4) is 0 Å². The number of rotatable bonds is 6. The molecule has 0 aromatic carbocycles. The van der Waals surface area contributed by atoms with Crippen LogP contribution in [0.2, 0.25) is 0 Å². The zero-order valence-corrected chi connectivity index (χ0v) is 16.3. The van der Waals surface area contributed by atoms with Crippen LogP contribution in [0, 0.1) is 0 Å². The van der Waals surface area contributed by atoms with Gasteiger partial charge >= 0.3 is 5.97 Å². The fourth-order valence-electron chi connectivity index (χ4n) is 3.08. The predicted octanol–water partition coefficient (Wildman–Crippen LogP) is 0.458. The van der Waals surface area contributed by atoms with E-state index in [1.54, 1.807) is 35.5 Å². The molecule has 0 radical (unpaired) electrons. The second kappa shape index (κ2) is 9.43. The molecule has 1 aliphatic heterocycles. The van der Waals surface area contributed by atoms with Gasteiger partial charge in [0.25, 0.3) is 5.91 Å². The van der Waals surface area contributed by atoms with Gasteiger partial charge in [-0.2, -0.15) is 0 Å². The number of esters is 1. The van der Waals surface area contributed by atoms with Gasteiger partial charge in [-0.1, -0.05) is 12.1 Å². The van der Waals surface area contributed by atoms with Gasteiger partial charge in [0, 0.05) is 38.4 Å². The van der Waals surface area contributed by atoms with Crippen molar-refractivity contribution >= 4 is 29.1 Å². The highest BCUT2D eigenvalue weighted by Gasteiger charge is 2.35. The fourth-order valence-corrected chi connectivity index (χ4v) is 3.76. The normalized spacial score (nSPS) is 17.6. The minimum Gasteiger partial charge on any atom is -0.467 e. The smallest absolute Gasteiger partial charge is 0.328 e. The van der Waals surface area contributed by atoms with E-state index >= 15 is 0 Å². The van der Waals surface area contributed by atoms with Crippen molar-refractivity contribution < 1.29 is 19.1 Å². The molecule has 2 unspecified atom stereocenters. The summed E-state index contributed by atoms with van der Waals surface area (Å²) in [7, 11) is 1.28. The fraction of sp³-hybridized carbons (Fsp3) is 0.368. The van der Waals surface area contributed by atoms with Gasteiger partial charge in [0.1, 0.15) is 12.1 Å². The van der Waals surface area contributed by atoms with Crippen molar-refractivity contribution in [2.75, 3.05) is 26.7 Å². The molecular weight excluding hydrogens is 380 g/mol. The third-order valence-corrected chi connectivity index (χ3v) is 5.36. The summed E-state index contributed by atoms with van der Waals surface area (Å²) in [6.07, 6.45) is 3.53. The summed E-state index contributed by atoms with van der Waals surface area (Å²) in [6, 6.07) is 5.56. The number of nitrogens with zero attached hydrogens (tertiary/aromatic N) is 2. The molecule has 0 spiro atoms. The minimum atomic E-state index is -0.859. The standard InChI is InChI=1S/C19H22N4O4S/c1-27-19(26)14(10-13-4-2-6-20-11-13)22-17(24)15-12-21-7-8-23(15)18(25)16-5-3-9-28-16/h2-6,9,11,14-15,21H,7-8,10,12H2,1H3,(H,22,24). The summed E-state index contributed by atoms with van der Waals surface area (Å²) in [4.78, 5) is 44.1. The molecule has 2 aromatic heterocycles. The lowest BCUT2D eigenvalue weighted by atomic mass is 10.1. The lowest BCUT2D eigenvalue weighted by Crippen LogP contribution is -2.61. The minimum absolute atomic E-state index is 0.182. The number of methoxy groups -OCH3 is 1. The maximum absolute atomic E-state index is 12.9. The van der Waals surface area contributed by atoms with E-state index in [1.165, 1.54) is 18.4 Å². The lowest BCUT2D eigenvalue weighted by Gasteiger charge is -2.35. The van der Waals surface area contributed by atoms with Gasteiger partial charge in [-0.15, -0.1) is 11.3 Å². The number of nitrogens with one attached hydrogen (secondary N) is 2. The van der Waals surface area contributed by atoms with Crippen molar-refractivity contribution in [1.82, 2.24) is 20.5 Å². The molecule has 1 saturated heterocycles. The van der Waals surface area contributed by atoms with E-state index in [-0.39, 0.29) is 12.3 Å². The number of hydrogen-bond acceptors (Lipinski definition) is 7. The Morgan fingerprint density at radius 3 is 2.93 bits per heavy atom. The van der Waals surface area contributed by atoms with E-state index in [0.29, 0.717) is 24.5 Å². The average molecular weight is 402 g/mol. The van der Waals surface area contributed by atoms with Crippen LogP contribution >= 0.6 is 11.3 Å². The quantitative estimate of drug-likeness (QED) is 0.681. The summed E-state index contributed by atoms with van der Waals surface area (Å²) in [5.74, 6) is -1.12. The van der Waals surface area contributed by atoms with Gasteiger partial charge in [0.05, 0.1) is 12.0 Å². The number of carbonyl (C=O) groups is 3. The molecule has 3 rings (SSSR count). The zero-order chi connectivity index (χ0) is 19.9. The summed E-state index contributed by atoms with van der Waals surface area (Å²) >= 11 is 1.34. The number of carbonyl (C=O) groups excluding carboxylic acids is 3. The molecule has 0 aliphatic carbocycles. The highest BCUT2D eigenvalue weighted by Crippen LogP contribution is 2.16. The first kappa shape index (κ1) is 20.0. The largest absolute Gasteiger partial charge is 0.467 e. The molecule has 1 aliphatic rings. The Bertz CT molecular complexity index is 813. The van der Waals surface area contributed by atoms with Crippen molar-refractivity contribution in [1.29, 1.82) is 0 Å². The number of piperazine rings is 1. The van der Waals surface area contributed by atoms with Crippen LogP contribution in [0.15, 0.2) is 42.0 Å². The second-order valence-corrected chi connectivity index (χ2v) is 7.29. The SMILES string of the molecule is COC(=O)C(Cc1cccnc1)NC(=O)C1CNCCN1C(=O)c1cccs1. The lowest BCUT2D eigenvalue weighted by molar-refractivity contribution is -0.145. The maximum Gasteiger partial charge on any atom is 0.328 e. The van der Waals surface area contributed by atoms with E-state index in [9.17, 15) is 14.4 Å². The van der Waals surface area contributed by atoms with E-state index in [4.69, 9.17) is 4.74 Å². The first-order chi connectivity index (χ1) is 13.6. The highest BCUT2D eigenvalue weighted by atomic mass is 32.1. The number of amides is 2. The zero-order valence-electron chi connectivity index (χ0n) is 15.5. The van der Waals surface area contributed by atoms with Gasteiger partial charge in [0.15, 0.2) is 0 Å². The van der Waals surface area contributed by atoms with E-state index < -0.39 is 24.0 Å². The predicted molar refractivity (Wildman–Crippen MR) is 104 cm³/mol. The van der Waals surface area contributed by atoms with Gasteiger partial charge in [-0.05, 0) is 23.1 Å². The van der Waals surface area contributed by atoms with Crippen LogP contribution in [-0.2, 0) is 20.7 Å². The number of thiophene rings is 1. The van der Waals surface area contributed by atoms with Gasteiger partial charge in [-0.25, -0.2) is 4.79 Å². The Hall–Kier alpha value is -2.78. The van der Waals surface area contributed by atoms with Crippen molar-refractivity contribution in [2.24, 2.45) is 0 Å². The number of aromatic nitrogens is 1. The van der Waals surface area contributed by atoms with Crippen LogP contribution in [0.1, 0.15) is 15.2 Å². The average Bonchev–Trinajstić information content (AvgIpc) is 3.27. The summed E-state index contributed by atoms with van der Waals surface area (Å²) < 4.78 is 4.84. The summed E-state index contributed by atoms with van der Waals surface area (Å²) in [6.45, 7) is 1.35. The molecule has 2 aromatic rings. The topological polar surface area (TPSA) is 101 Å². The Kier molecular flexibility index (Phi) is 6.72. The number of pyridine rings is 1. The van der Waals surface area contributed by atoms with E-state index in [1.807, 2.05) is 11.4 Å². The van der Waals surface area contributed by atoms with Crippen LogP contribution in [0.25, 0.3) is 0 Å². The summed E-state index contributed by atoms with van der Waals surface area (Å²) in [5, 5.41) is 7.70. The summed E-state index contributed by atoms with van der Waals surface area (Å²) in [5.41, 5.74) is 0.798. The van der Waals surface area contributed by atoms with Crippen molar-refractivity contribution in [3.63, 3.8) is 0 Å². The third kappa shape index (κ3) is 4.73. The Morgan fingerprint density at radius 2 is 2.25 bits per heavy atom. The molecule has 28 heavy (non-hydrogen) atoms. The van der Waals surface area contributed by atoms with Crippen LogP contribution < -0.4 is 10.6 Å². The molecule has 148 valence electrons. The molecule has 2 atom stereocenters. The first-order valence-electron chi connectivity index (χ1n) is 8.92. The first-order valence-corrected chi connectivity index (χ1v) is 9.80. The van der Waals surface area contributed by atoms with Gasteiger partial charge < -0.3 is 20.3 Å². The molecule has 2 amide bonds. The van der Waals surface area contributed by atoms with Crippen molar-refractivity contribution in [2.45, 2.75) is 18.5 Å². The van der Waals surface area contributed by atoms with Crippen LogP contribution in [0.5, 0.6) is 0 Å². The molecule has 3 heterocycles. The highest BCUT2D eigenvalue weighted by molar-refractivity contribution is 7.12. The van der Waals surface area contributed by atoms with Gasteiger partial charge in [0.2, 0.25) is 5.91 Å². The molecule has 0 saturated carbocycles. The molecule has 8 nitrogen and oxygen atoms in total. The van der Waals surface area contributed by atoms with Crippen molar-refractivity contribution in [3.05, 3.63) is 52.5 Å². The second-order valence-electron chi connectivity index (χ2n) is 6.35. The van der Waals surface area contributed by atoms with Crippen LogP contribution in [-0.4, -0.2) is 66.5 Å². The number of ether oxygens (including phenoxy) is 1. The Balaban J connectivity index is 1.73. The Labute approximate surface area is 166 Å². The monoisotopic (exact) mass is 402 g/mol.